The first kappa shape index (κ1) is 14.5. The monoisotopic (exact) mass is 277 g/mol. The molecule has 0 aliphatic carbocycles. The van der Waals surface area contributed by atoms with Crippen LogP contribution in [-0.4, -0.2) is 35.4 Å². The smallest absolute Gasteiger partial charge is 0.272 e. The van der Waals surface area contributed by atoms with Gasteiger partial charge in [-0.15, -0.1) is 0 Å². The van der Waals surface area contributed by atoms with Gasteiger partial charge in [0.15, 0.2) is 0 Å². The van der Waals surface area contributed by atoms with E-state index in [4.69, 9.17) is 0 Å². The van der Waals surface area contributed by atoms with Gasteiger partial charge in [0.2, 0.25) is 5.91 Å². The molecule has 0 spiro atoms. The number of nitrogens with zero attached hydrogens (tertiary/aromatic N) is 2. The number of likely N-dealkylation sites (tertiary alicyclic amines) is 1. The van der Waals surface area contributed by atoms with E-state index in [-0.39, 0.29) is 23.1 Å². The van der Waals surface area contributed by atoms with Crippen molar-refractivity contribution in [3.8, 4) is 0 Å². The van der Waals surface area contributed by atoms with Crippen LogP contribution in [0.15, 0.2) is 18.2 Å². The van der Waals surface area contributed by atoms with E-state index in [2.05, 4.69) is 5.32 Å². The van der Waals surface area contributed by atoms with Gasteiger partial charge in [0.25, 0.3) is 5.69 Å². The van der Waals surface area contributed by atoms with E-state index in [1.54, 1.807) is 13.0 Å². The maximum atomic E-state index is 11.9. The summed E-state index contributed by atoms with van der Waals surface area (Å²) in [4.78, 5) is 24.2. The molecule has 1 fully saturated rings. The maximum absolute atomic E-state index is 11.9. The van der Waals surface area contributed by atoms with E-state index < -0.39 is 0 Å². The van der Waals surface area contributed by atoms with Crippen molar-refractivity contribution in [1.29, 1.82) is 0 Å². The molecule has 1 N–H and O–H groups in total. The predicted molar refractivity (Wildman–Crippen MR) is 75.4 cm³/mol. The Morgan fingerprint density at radius 3 is 2.75 bits per heavy atom. The van der Waals surface area contributed by atoms with Crippen molar-refractivity contribution in [2.45, 2.75) is 26.3 Å². The van der Waals surface area contributed by atoms with Crippen LogP contribution in [0.1, 0.15) is 24.0 Å². The first-order valence-corrected chi connectivity index (χ1v) is 6.81. The molecule has 1 heterocycles. The lowest BCUT2D eigenvalue weighted by Crippen LogP contribution is -2.36. The quantitative estimate of drug-likeness (QED) is 0.655. The Labute approximate surface area is 117 Å². The maximum Gasteiger partial charge on any atom is 0.272 e. The molecule has 6 heteroatoms. The minimum Gasteiger partial charge on any atom is -0.342 e. The average Bonchev–Trinajstić information content (AvgIpc) is 2.94. The second-order valence-electron chi connectivity index (χ2n) is 5.01. The third-order valence-electron chi connectivity index (χ3n) is 3.66. The summed E-state index contributed by atoms with van der Waals surface area (Å²) in [5.41, 5.74) is 1.63. The SMILES string of the molecule is Cc1c(CNCC(=O)N2CCCC2)cccc1[N+](=O)[O-]. The van der Waals surface area contributed by atoms with E-state index >= 15 is 0 Å². The molecule has 20 heavy (non-hydrogen) atoms. The number of nitro groups is 1. The summed E-state index contributed by atoms with van der Waals surface area (Å²) in [6, 6.07) is 5.01. The Morgan fingerprint density at radius 2 is 2.10 bits per heavy atom. The molecule has 108 valence electrons. The van der Waals surface area contributed by atoms with Gasteiger partial charge in [-0.2, -0.15) is 0 Å². The zero-order valence-corrected chi connectivity index (χ0v) is 11.6. The molecular formula is C14H19N3O3. The van der Waals surface area contributed by atoms with E-state index in [0.29, 0.717) is 12.1 Å². The Balaban J connectivity index is 1.89. The molecule has 1 saturated heterocycles. The summed E-state index contributed by atoms with van der Waals surface area (Å²) in [5.74, 6) is 0.102. The van der Waals surface area contributed by atoms with E-state index in [0.717, 1.165) is 31.5 Å². The molecule has 1 aromatic carbocycles. The van der Waals surface area contributed by atoms with Crippen LogP contribution in [0.4, 0.5) is 5.69 Å². The zero-order chi connectivity index (χ0) is 14.5. The summed E-state index contributed by atoms with van der Waals surface area (Å²) in [5, 5.41) is 13.9. The van der Waals surface area contributed by atoms with Crippen LogP contribution in [-0.2, 0) is 11.3 Å². The molecule has 1 aliphatic rings. The summed E-state index contributed by atoms with van der Waals surface area (Å²) < 4.78 is 0. The molecule has 1 aliphatic heterocycles. The highest BCUT2D eigenvalue weighted by molar-refractivity contribution is 5.78. The molecular weight excluding hydrogens is 258 g/mol. The van der Waals surface area contributed by atoms with Crippen LogP contribution < -0.4 is 5.32 Å². The molecule has 6 nitrogen and oxygen atoms in total. The van der Waals surface area contributed by atoms with Gasteiger partial charge in [-0.25, -0.2) is 0 Å². The van der Waals surface area contributed by atoms with Crippen LogP contribution in [0.5, 0.6) is 0 Å². The topological polar surface area (TPSA) is 75.5 Å². The first-order valence-electron chi connectivity index (χ1n) is 6.81. The second-order valence-corrected chi connectivity index (χ2v) is 5.01. The summed E-state index contributed by atoms with van der Waals surface area (Å²) in [6.07, 6.45) is 2.16. The third-order valence-corrected chi connectivity index (χ3v) is 3.66. The highest BCUT2D eigenvalue weighted by Gasteiger charge is 2.17. The molecule has 0 unspecified atom stereocenters. The fourth-order valence-corrected chi connectivity index (χ4v) is 2.44. The van der Waals surface area contributed by atoms with Crippen LogP contribution in [0.25, 0.3) is 0 Å². The number of carbonyl (C=O) groups is 1. The highest BCUT2D eigenvalue weighted by Crippen LogP contribution is 2.20. The summed E-state index contributed by atoms with van der Waals surface area (Å²) in [7, 11) is 0. The van der Waals surface area contributed by atoms with Gasteiger partial charge < -0.3 is 10.2 Å². The van der Waals surface area contributed by atoms with Gasteiger partial charge in [0.1, 0.15) is 0 Å². The van der Waals surface area contributed by atoms with E-state index in [1.807, 2.05) is 11.0 Å². The minimum absolute atomic E-state index is 0.102. The van der Waals surface area contributed by atoms with Crippen molar-refractivity contribution in [3.63, 3.8) is 0 Å². The third kappa shape index (κ3) is 3.33. The molecule has 0 aromatic heterocycles. The van der Waals surface area contributed by atoms with Crippen LogP contribution in [0, 0.1) is 17.0 Å². The summed E-state index contributed by atoms with van der Waals surface area (Å²) in [6.45, 7) is 4.17. The zero-order valence-electron chi connectivity index (χ0n) is 11.6. The van der Waals surface area contributed by atoms with Gasteiger partial charge in [-0.3, -0.25) is 14.9 Å². The van der Waals surface area contributed by atoms with Crippen molar-refractivity contribution in [2.75, 3.05) is 19.6 Å². The summed E-state index contributed by atoms with van der Waals surface area (Å²) >= 11 is 0. The van der Waals surface area contributed by atoms with Gasteiger partial charge in [-0.05, 0) is 25.3 Å². The fraction of sp³-hybridized carbons (Fsp3) is 0.500. The lowest BCUT2D eigenvalue weighted by atomic mass is 10.1. The van der Waals surface area contributed by atoms with Crippen molar-refractivity contribution in [1.82, 2.24) is 10.2 Å². The predicted octanol–water partition coefficient (Wildman–Crippen LogP) is 1.62. The van der Waals surface area contributed by atoms with Crippen molar-refractivity contribution in [2.24, 2.45) is 0 Å². The number of rotatable bonds is 5. The minimum atomic E-state index is -0.381. The van der Waals surface area contributed by atoms with Crippen LogP contribution >= 0.6 is 0 Å². The van der Waals surface area contributed by atoms with Gasteiger partial charge in [0, 0.05) is 31.3 Å². The second kappa shape index (κ2) is 6.47. The van der Waals surface area contributed by atoms with Crippen molar-refractivity contribution in [3.05, 3.63) is 39.4 Å². The Hall–Kier alpha value is -1.95. The number of amides is 1. The normalized spacial score (nSPS) is 14.6. The fourth-order valence-electron chi connectivity index (χ4n) is 2.44. The lowest BCUT2D eigenvalue weighted by molar-refractivity contribution is -0.385. The van der Waals surface area contributed by atoms with Crippen LogP contribution in [0.2, 0.25) is 0 Å². The molecule has 0 bridgehead atoms. The van der Waals surface area contributed by atoms with Gasteiger partial charge in [-0.1, -0.05) is 12.1 Å². The number of benzene rings is 1. The van der Waals surface area contributed by atoms with Crippen molar-refractivity contribution >= 4 is 11.6 Å². The van der Waals surface area contributed by atoms with Crippen molar-refractivity contribution < 1.29 is 9.72 Å². The Kier molecular flexibility index (Phi) is 4.68. The van der Waals surface area contributed by atoms with E-state index in [1.165, 1.54) is 6.07 Å². The number of nitrogens with one attached hydrogen (secondary N) is 1. The molecule has 0 saturated carbocycles. The first-order chi connectivity index (χ1) is 9.59. The largest absolute Gasteiger partial charge is 0.342 e. The number of nitro benzene ring substituents is 1. The van der Waals surface area contributed by atoms with E-state index in [9.17, 15) is 14.9 Å². The molecule has 1 amide bonds. The molecule has 2 rings (SSSR count). The molecule has 0 atom stereocenters. The van der Waals surface area contributed by atoms with Gasteiger partial charge in [0.05, 0.1) is 11.5 Å². The molecule has 1 aromatic rings. The lowest BCUT2D eigenvalue weighted by Gasteiger charge is -2.15. The number of carbonyl (C=O) groups excluding carboxylic acids is 1. The van der Waals surface area contributed by atoms with Crippen LogP contribution in [0.3, 0.4) is 0 Å². The molecule has 0 radical (unpaired) electrons. The Bertz CT molecular complexity index is 510. The van der Waals surface area contributed by atoms with Gasteiger partial charge >= 0.3 is 0 Å². The average molecular weight is 277 g/mol. The number of hydrogen-bond donors (Lipinski definition) is 1. The Morgan fingerprint density at radius 1 is 1.40 bits per heavy atom. The highest BCUT2D eigenvalue weighted by atomic mass is 16.6. The standard InChI is InChI=1S/C14H19N3O3/c1-11-12(5-4-6-13(11)17(19)20)9-15-10-14(18)16-7-2-3-8-16/h4-6,15H,2-3,7-10H2,1H3. The number of hydrogen-bond acceptors (Lipinski definition) is 4.